The van der Waals surface area contributed by atoms with Crippen molar-refractivity contribution in [2.45, 2.75) is 39.2 Å². The number of hydrogen-bond donors (Lipinski definition) is 1. The first-order valence-electron chi connectivity index (χ1n) is 8.46. The first kappa shape index (κ1) is 18.5. The van der Waals surface area contributed by atoms with E-state index in [-0.39, 0.29) is 17.9 Å². The Hall–Kier alpha value is -1.81. The Morgan fingerprint density at radius 3 is 2.46 bits per heavy atom. The van der Waals surface area contributed by atoms with E-state index in [1.54, 1.807) is 24.3 Å². The van der Waals surface area contributed by atoms with Crippen molar-refractivity contribution in [1.29, 1.82) is 0 Å². The van der Waals surface area contributed by atoms with Crippen LogP contribution in [0.3, 0.4) is 0 Å². The van der Waals surface area contributed by atoms with Gasteiger partial charge in [0, 0.05) is 36.7 Å². The molecule has 4 nitrogen and oxygen atoms in total. The molecular formula is C19H25ClN2O2. The van der Waals surface area contributed by atoms with Crippen LogP contribution in [0.15, 0.2) is 30.3 Å². The highest BCUT2D eigenvalue weighted by atomic mass is 35.5. The molecule has 0 radical (unpaired) electrons. The molecule has 0 saturated carbocycles. The highest BCUT2D eigenvalue weighted by molar-refractivity contribution is 6.30. The van der Waals surface area contributed by atoms with Crippen LogP contribution in [0, 0.1) is 5.92 Å². The number of carbonyl (C=O) groups excluding carboxylic acids is 2. The van der Waals surface area contributed by atoms with Gasteiger partial charge in [-0.3, -0.25) is 9.59 Å². The maximum atomic E-state index is 12.0. The number of carbonyl (C=O) groups is 2. The normalized spacial score (nSPS) is 15.9. The molecule has 1 aromatic rings. The number of piperidine rings is 1. The van der Waals surface area contributed by atoms with Gasteiger partial charge in [-0.05, 0) is 42.5 Å². The minimum atomic E-state index is -0.100. The smallest absolute Gasteiger partial charge is 0.244 e. The topological polar surface area (TPSA) is 49.4 Å². The molecule has 1 N–H and O–H groups in total. The summed E-state index contributed by atoms with van der Waals surface area (Å²) in [6, 6.07) is 7.46. The average molecular weight is 349 g/mol. The van der Waals surface area contributed by atoms with Gasteiger partial charge >= 0.3 is 0 Å². The van der Waals surface area contributed by atoms with Gasteiger partial charge in [-0.25, -0.2) is 0 Å². The molecule has 130 valence electrons. The zero-order valence-corrected chi connectivity index (χ0v) is 15.1. The Morgan fingerprint density at radius 2 is 1.88 bits per heavy atom. The standard InChI is InChI=1S/C19H25ClN2O2/c1-14(2)13-19(24)22-11-9-17(10-12-22)21-18(23)8-5-15-3-6-16(20)7-4-15/h3-8,14,17H,9-13H2,1-2H3,(H,21,23)/b8-5-. The quantitative estimate of drug-likeness (QED) is 0.828. The summed E-state index contributed by atoms with van der Waals surface area (Å²) in [7, 11) is 0. The van der Waals surface area contributed by atoms with Crippen molar-refractivity contribution in [3.63, 3.8) is 0 Å². The van der Waals surface area contributed by atoms with E-state index in [1.165, 1.54) is 0 Å². The van der Waals surface area contributed by atoms with Crippen LogP contribution >= 0.6 is 11.6 Å². The van der Waals surface area contributed by atoms with E-state index in [9.17, 15) is 9.59 Å². The molecule has 5 heteroatoms. The molecule has 2 rings (SSSR count). The highest BCUT2D eigenvalue weighted by Crippen LogP contribution is 2.14. The summed E-state index contributed by atoms with van der Waals surface area (Å²) in [6.45, 7) is 5.55. The molecule has 1 aliphatic rings. The van der Waals surface area contributed by atoms with E-state index in [2.05, 4.69) is 19.2 Å². The van der Waals surface area contributed by atoms with E-state index in [0.29, 0.717) is 17.4 Å². The third kappa shape index (κ3) is 6.00. The summed E-state index contributed by atoms with van der Waals surface area (Å²) in [5, 5.41) is 3.69. The van der Waals surface area contributed by atoms with Gasteiger partial charge in [-0.2, -0.15) is 0 Å². The molecule has 0 atom stereocenters. The van der Waals surface area contributed by atoms with Crippen molar-refractivity contribution in [3.8, 4) is 0 Å². The molecule has 0 spiro atoms. The molecule has 0 aromatic heterocycles. The Labute approximate surface area is 148 Å². The highest BCUT2D eigenvalue weighted by Gasteiger charge is 2.23. The van der Waals surface area contributed by atoms with Crippen molar-refractivity contribution in [2.75, 3.05) is 13.1 Å². The number of nitrogens with zero attached hydrogens (tertiary/aromatic N) is 1. The lowest BCUT2D eigenvalue weighted by Crippen LogP contribution is -2.46. The van der Waals surface area contributed by atoms with Gasteiger partial charge in [0.1, 0.15) is 0 Å². The molecule has 1 fully saturated rings. The van der Waals surface area contributed by atoms with Crippen LogP contribution in [0.25, 0.3) is 6.08 Å². The largest absolute Gasteiger partial charge is 0.350 e. The van der Waals surface area contributed by atoms with Crippen LogP contribution in [0.5, 0.6) is 0 Å². The molecule has 1 saturated heterocycles. The van der Waals surface area contributed by atoms with Gasteiger partial charge in [0.2, 0.25) is 11.8 Å². The maximum Gasteiger partial charge on any atom is 0.244 e. The van der Waals surface area contributed by atoms with Crippen LogP contribution in [0.2, 0.25) is 5.02 Å². The summed E-state index contributed by atoms with van der Waals surface area (Å²) in [5.41, 5.74) is 0.934. The molecule has 24 heavy (non-hydrogen) atoms. The maximum absolute atomic E-state index is 12.0. The molecule has 1 aliphatic heterocycles. The van der Waals surface area contributed by atoms with Gasteiger partial charge in [-0.1, -0.05) is 37.6 Å². The molecule has 2 amide bonds. The van der Waals surface area contributed by atoms with Crippen LogP contribution in [-0.2, 0) is 9.59 Å². The fraction of sp³-hybridized carbons (Fsp3) is 0.474. The van der Waals surface area contributed by atoms with Gasteiger partial charge in [0.25, 0.3) is 0 Å². The molecule has 1 aromatic carbocycles. The Kier molecular flexibility index (Phi) is 6.85. The lowest BCUT2D eigenvalue weighted by Gasteiger charge is -2.32. The van der Waals surface area contributed by atoms with Gasteiger partial charge < -0.3 is 10.2 Å². The summed E-state index contributed by atoms with van der Waals surface area (Å²) in [4.78, 5) is 26.0. The second-order valence-electron chi connectivity index (χ2n) is 6.65. The van der Waals surface area contributed by atoms with Crippen molar-refractivity contribution < 1.29 is 9.59 Å². The Bertz CT molecular complexity index is 588. The average Bonchev–Trinajstić information content (AvgIpc) is 2.54. The van der Waals surface area contributed by atoms with E-state index in [0.717, 1.165) is 31.5 Å². The SMILES string of the molecule is CC(C)CC(=O)N1CCC(NC(=O)/C=C\c2ccc(Cl)cc2)CC1. The third-order valence-electron chi connectivity index (χ3n) is 4.07. The Morgan fingerprint density at radius 1 is 1.25 bits per heavy atom. The predicted octanol–water partition coefficient (Wildman–Crippen LogP) is 3.51. The van der Waals surface area contributed by atoms with E-state index in [4.69, 9.17) is 11.6 Å². The fourth-order valence-electron chi connectivity index (χ4n) is 2.75. The molecule has 0 aliphatic carbocycles. The van der Waals surface area contributed by atoms with Crippen molar-refractivity contribution in [1.82, 2.24) is 10.2 Å². The van der Waals surface area contributed by atoms with Crippen LogP contribution in [0.4, 0.5) is 0 Å². The number of likely N-dealkylation sites (tertiary alicyclic amines) is 1. The second-order valence-corrected chi connectivity index (χ2v) is 7.08. The number of hydrogen-bond acceptors (Lipinski definition) is 2. The number of rotatable bonds is 5. The van der Waals surface area contributed by atoms with E-state index in [1.807, 2.05) is 17.0 Å². The second kappa shape index (κ2) is 8.88. The number of nitrogens with one attached hydrogen (secondary N) is 1. The summed E-state index contributed by atoms with van der Waals surface area (Å²) in [6.07, 6.45) is 5.53. The van der Waals surface area contributed by atoms with Gasteiger partial charge in [0.15, 0.2) is 0 Å². The van der Waals surface area contributed by atoms with Gasteiger partial charge in [-0.15, -0.1) is 0 Å². The van der Waals surface area contributed by atoms with Crippen molar-refractivity contribution in [2.24, 2.45) is 5.92 Å². The lowest BCUT2D eigenvalue weighted by molar-refractivity contribution is -0.133. The molecule has 0 bridgehead atoms. The van der Waals surface area contributed by atoms with E-state index >= 15 is 0 Å². The van der Waals surface area contributed by atoms with Crippen LogP contribution in [0.1, 0.15) is 38.7 Å². The minimum Gasteiger partial charge on any atom is -0.350 e. The van der Waals surface area contributed by atoms with Gasteiger partial charge in [0.05, 0.1) is 0 Å². The first-order valence-corrected chi connectivity index (χ1v) is 8.83. The minimum absolute atomic E-state index is 0.100. The fourth-order valence-corrected chi connectivity index (χ4v) is 2.87. The molecule has 0 unspecified atom stereocenters. The predicted molar refractivity (Wildman–Crippen MR) is 97.7 cm³/mol. The number of amides is 2. The summed E-state index contributed by atoms with van der Waals surface area (Å²) in [5.74, 6) is 0.502. The van der Waals surface area contributed by atoms with Crippen LogP contribution < -0.4 is 5.32 Å². The van der Waals surface area contributed by atoms with Crippen molar-refractivity contribution >= 4 is 29.5 Å². The lowest BCUT2D eigenvalue weighted by atomic mass is 10.0. The molecule has 1 heterocycles. The molecular weight excluding hydrogens is 324 g/mol. The zero-order valence-electron chi connectivity index (χ0n) is 14.3. The first-order chi connectivity index (χ1) is 11.4. The summed E-state index contributed by atoms with van der Waals surface area (Å²) >= 11 is 5.83. The number of benzene rings is 1. The van der Waals surface area contributed by atoms with E-state index < -0.39 is 0 Å². The zero-order chi connectivity index (χ0) is 17.5. The Balaban J connectivity index is 1.76. The third-order valence-corrected chi connectivity index (χ3v) is 4.33. The number of halogens is 1. The summed E-state index contributed by atoms with van der Waals surface area (Å²) < 4.78 is 0. The van der Waals surface area contributed by atoms with Crippen molar-refractivity contribution in [3.05, 3.63) is 40.9 Å². The van der Waals surface area contributed by atoms with Crippen LogP contribution in [-0.4, -0.2) is 35.8 Å². The monoisotopic (exact) mass is 348 g/mol.